The van der Waals surface area contributed by atoms with Gasteiger partial charge in [-0.15, -0.1) is 0 Å². The van der Waals surface area contributed by atoms with Crippen molar-refractivity contribution >= 4 is 17.5 Å². The molecule has 2 amide bonds. The summed E-state index contributed by atoms with van der Waals surface area (Å²) < 4.78 is 84.0. The lowest BCUT2D eigenvalue weighted by Gasteiger charge is -2.23. The third-order valence-corrected chi connectivity index (χ3v) is 5.76. The number of rotatable bonds is 6. The standard InChI is InChI=1S/C28H28F6N4O2/c1-25(2,35)17-8-10-19(21(13-17)27(29,30)31)20-11-9-18(14-22(20)28(32,33)34)37-23(39)15-6-5-7-16(12-15)24(40)38-26(3,4)36/h5-14H,35-36H2,1-4H3,(H,37,39)(H,38,40). The van der Waals surface area contributed by atoms with Crippen molar-refractivity contribution in [2.24, 2.45) is 11.5 Å². The Hall–Kier alpha value is -3.90. The highest BCUT2D eigenvalue weighted by Gasteiger charge is 2.39. The monoisotopic (exact) mass is 566 g/mol. The summed E-state index contributed by atoms with van der Waals surface area (Å²) in [6, 6.07) is 10.8. The fraction of sp³-hybridized carbons (Fsp3) is 0.286. The van der Waals surface area contributed by atoms with Gasteiger partial charge >= 0.3 is 12.4 Å². The van der Waals surface area contributed by atoms with Gasteiger partial charge in [-0.05, 0) is 80.8 Å². The van der Waals surface area contributed by atoms with Gasteiger partial charge in [0.05, 0.1) is 16.8 Å². The van der Waals surface area contributed by atoms with Crippen LogP contribution in [-0.2, 0) is 17.9 Å². The molecule has 0 bridgehead atoms. The number of alkyl halides is 6. The predicted molar refractivity (Wildman–Crippen MR) is 139 cm³/mol. The van der Waals surface area contributed by atoms with Gasteiger partial charge in [0.25, 0.3) is 11.8 Å². The Morgan fingerprint density at radius 1 is 0.675 bits per heavy atom. The maximum Gasteiger partial charge on any atom is 0.417 e. The molecule has 0 saturated carbocycles. The molecule has 0 aliphatic rings. The van der Waals surface area contributed by atoms with Gasteiger partial charge in [-0.3, -0.25) is 9.59 Å². The zero-order chi connectivity index (χ0) is 30.3. The highest BCUT2D eigenvalue weighted by Crippen LogP contribution is 2.44. The quantitative estimate of drug-likeness (QED) is 0.209. The van der Waals surface area contributed by atoms with Crippen molar-refractivity contribution in [3.8, 4) is 11.1 Å². The van der Waals surface area contributed by atoms with E-state index in [-0.39, 0.29) is 22.4 Å². The van der Waals surface area contributed by atoms with E-state index in [4.69, 9.17) is 11.5 Å². The average Bonchev–Trinajstić information content (AvgIpc) is 2.81. The first kappa shape index (κ1) is 30.6. The average molecular weight is 567 g/mol. The van der Waals surface area contributed by atoms with Crippen LogP contribution in [0, 0.1) is 0 Å². The van der Waals surface area contributed by atoms with E-state index in [2.05, 4.69) is 10.6 Å². The minimum atomic E-state index is -5.06. The highest BCUT2D eigenvalue weighted by atomic mass is 19.4. The molecule has 0 radical (unpaired) electrons. The molecule has 0 aromatic heterocycles. The Bertz CT molecular complexity index is 1430. The van der Waals surface area contributed by atoms with E-state index in [0.29, 0.717) is 6.07 Å². The molecule has 0 atom stereocenters. The van der Waals surface area contributed by atoms with E-state index in [1.165, 1.54) is 44.2 Å². The number of nitrogens with two attached hydrogens (primary N) is 2. The molecule has 3 aromatic rings. The summed E-state index contributed by atoms with van der Waals surface area (Å²) in [5.41, 5.74) is 5.22. The van der Waals surface area contributed by atoms with Crippen molar-refractivity contribution in [3.63, 3.8) is 0 Å². The zero-order valence-corrected chi connectivity index (χ0v) is 22.0. The van der Waals surface area contributed by atoms with E-state index < -0.39 is 57.6 Å². The normalized spacial score (nSPS) is 12.7. The van der Waals surface area contributed by atoms with Crippen LogP contribution in [0.5, 0.6) is 0 Å². The molecule has 0 heterocycles. The number of hydrogen-bond donors (Lipinski definition) is 4. The summed E-state index contributed by atoms with van der Waals surface area (Å²) in [4.78, 5) is 25.2. The first-order valence-electron chi connectivity index (χ1n) is 11.9. The van der Waals surface area contributed by atoms with E-state index in [0.717, 1.165) is 24.3 Å². The Morgan fingerprint density at radius 3 is 1.68 bits per heavy atom. The number of hydrogen-bond acceptors (Lipinski definition) is 4. The number of anilines is 1. The SMILES string of the molecule is CC(C)(N)NC(=O)c1cccc(C(=O)Nc2ccc(-c3ccc(C(C)(C)N)cc3C(F)(F)F)c(C(F)(F)F)c2)c1. The molecule has 40 heavy (non-hydrogen) atoms. The smallest absolute Gasteiger partial charge is 0.335 e. The first-order chi connectivity index (χ1) is 18.2. The third kappa shape index (κ3) is 7.39. The number of nitrogens with one attached hydrogen (secondary N) is 2. The number of carbonyl (C=O) groups excluding carboxylic acids is 2. The summed E-state index contributed by atoms with van der Waals surface area (Å²) in [7, 11) is 0. The molecule has 12 heteroatoms. The van der Waals surface area contributed by atoms with Crippen molar-refractivity contribution in [1.82, 2.24) is 5.32 Å². The van der Waals surface area contributed by atoms with Gasteiger partial charge in [-0.1, -0.05) is 24.3 Å². The molecular formula is C28H28F6N4O2. The molecule has 6 N–H and O–H groups in total. The van der Waals surface area contributed by atoms with E-state index in [9.17, 15) is 35.9 Å². The van der Waals surface area contributed by atoms with E-state index >= 15 is 0 Å². The second kappa shape index (κ2) is 10.6. The minimum absolute atomic E-state index is 0.0422. The fourth-order valence-electron chi connectivity index (χ4n) is 3.88. The van der Waals surface area contributed by atoms with Crippen molar-refractivity contribution in [3.05, 3.63) is 88.5 Å². The molecule has 0 aliphatic heterocycles. The second-order valence-corrected chi connectivity index (χ2v) is 10.4. The predicted octanol–water partition coefficient (Wildman–Crippen LogP) is 6.26. The zero-order valence-electron chi connectivity index (χ0n) is 22.0. The van der Waals surface area contributed by atoms with Crippen LogP contribution in [-0.4, -0.2) is 17.5 Å². The van der Waals surface area contributed by atoms with Gasteiger partial charge in [0.2, 0.25) is 0 Å². The molecular weight excluding hydrogens is 538 g/mol. The molecule has 0 aliphatic carbocycles. The van der Waals surface area contributed by atoms with Crippen LogP contribution in [0.4, 0.5) is 32.0 Å². The van der Waals surface area contributed by atoms with Crippen molar-refractivity contribution in [2.75, 3.05) is 5.32 Å². The van der Waals surface area contributed by atoms with E-state index in [1.807, 2.05) is 0 Å². The minimum Gasteiger partial charge on any atom is -0.335 e. The maximum atomic E-state index is 14.1. The Balaban J connectivity index is 2.02. The van der Waals surface area contributed by atoms with Crippen LogP contribution in [0.2, 0.25) is 0 Å². The third-order valence-electron chi connectivity index (χ3n) is 5.76. The van der Waals surface area contributed by atoms with Crippen LogP contribution in [0.15, 0.2) is 60.7 Å². The molecule has 214 valence electrons. The fourth-order valence-corrected chi connectivity index (χ4v) is 3.88. The van der Waals surface area contributed by atoms with Gasteiger partial charge in [-0.25, -0.2) is 0 Å². The van der Waals surface area contributed by atoms with Gasteiger partial charge in [0.15, 0.2) is 0 Å². The lowest BCUT2D eigenvalue weighted by molar-refractivity contribution is -0.139. The summed E-state index contributed by atoms with van der Waals surface area (Å²) >= 11 is 0. The Kier molecular flexibility index (Phi) is 8.11. The van der Waals surface area contributed by atoms with Gasteiger partial charge in [0.1, 0.15) is 0 Å². The van der Waals surface area contributed by atoms with Gasteiger partial charge in [0, 0.05) is 22.4 Å². The van der Waals surface area contributed by atoms with E-state index in [1.54, 1.807) is 13.8 Å². The molecule has 0 unspecified atom stereocenters. The molecule has 0 saturated heterocycles. The van der Waals surface area contributed by atoms with Crippen molar-refractivity contribution in [2.45, 2.75) is 51.2 Å². The van der Waals surface area contributed by atoms with Crippen LogP contribution >= 0.6 is 0 Å². The summed E-state index contributed by atoms with van der Waals surface area (Å²) in [6.45, 7) is 6.05. The first-order valence-corrected chi connectivity index (χ1v) is 11.9. The van der Waals surface area contributed by atoms with Crippen LogP contribution in [0.25, 0.3) is 11.1 Å². The van der Waals surface area contributed by atoms with Crippen molar-refractivity contribution < 1.29 is 35.9 Å². The largest absolute Gasteiger partial charge is 0.417 e. The molecule has 6 nitrogen and oxygen atoms in total. The number of amides is 2. The van der Waals surface area contributed by atoms with Crippen LogP contribution in [0.1, 0.15) is 65.1 Å². The molecule has 3 aromatic carbocycles. The number of carbonyl (C=O) groups is 2. The summed E-state index contributed by atoms with van der Waals surface area (Å²) in [5, 5.41) is 4.82. The van der Waals surface area contributed by atoms with Crippen molar-refractivity contribution in [1.29, 1.82) is 0 Å². The second-order valence-electron chi connectivity index (χ2n) is 10.4. The van der Waals surface area contributed by atoms with Crippen LogP contribution in [0.3, 0.4) is 0 Å². The highest BCUT2D eigenvalue weighted by molar-refractivity contribution is 6.06. The lowest BCUT2D eigenvalue weighted by atomic mass is 9.88. The number of benzene rings is 3. The molecule has 3 rings (SSSR count). The molecule has 0 spiro atoms. The number of halogens is 6. The van der Waals surface area contributed by atoms with Gasteiger partial charge < -0.3 is 22.1 Å². The topological polar surface area (TPSA) is 110 Å². The summed E-state index contributed by atoms with van der Waals surface area (Å²) in [5.74, 6) is -1.41. The lowest BCUT2D eigenvalue weighted by Crippen LogP contribution is -2.50. The Morgan fingerprint density at radius 2 is 1.18 bits per heavy atom. The van der Waals surface area contributed by atoms with Gasteiger partial charge in [-0.2, -0.15) is 26.3 Å². The summed E-state index contributed by atoms with van der Waals surface area (Å²) in [6.07, 6.45) is -10.0. The maximum absolute atomic E-state index is 14.1. The molecule has 0 fully saturated rings. The Labute approximate surface area is 226 Å². The van der Waals surface area contributed by atoms with Crippen LogP contribution < -0.4 is 22.1 Å².